The Hall–Kier alpha value is -2.50. The Morgan fingerprint density at radius 3 is 2.16 bits per heavy atom. The monoisotopic (exact) mass is 589 g/mol. The number of sulfone groups is 1. The third-order valence-corrected chi connectivity index (χ3v) is 7.59. The predicted octanol–water partition coefficient (Wildman–Crippen LogP) is 7.04. The highest BCUT2D eigenvalue weighted by Crippen LogP contribution is 2.41. The number of halogens is 5. The minimum absolute atomic E-state index is 0.0158. The Balaban J connectivity index is 1.75. The summed E-state index contributed by atoms with van der Waals surface area (Å²) in [6, 6.07) is 11.0. The second-order valence-corrected chi connectivity index (χ2v) is 10.4. The highest BCUT2D eigenvalue weighted by Gasteiger charge is 2.31. The van der Waals surface area contributed by atoms with Crippen molar-refractivity contribution in [1.82, 2.24) is 4.98 Å². The normalized spacial score (nSPS) is 12.3. The number of nitrogens with one attached hydrogen (secondary N) is 1. The summed E-state index contributed by atoms with van der Waals surface area (Å²) < 4.78 is 71.4. The van der Waals surface area contributed by atoms with Crippen molar-refractivity contribution < 1.29 is 31.4 Å². The van der Waals surface area contributed by atoms with Gasteiger partial charge in [-0.15, -0.1) is 0 Å². The van der Waals surface area contributed by atoms with E-state index in [-0.39, 0.29) is 15.5 Å². The predicted molar refractivity (Wildman–Crippen MR) is 119 cm³/mol. The van der Waals surface area contributed by atoms with E-state index < -0.39 is 21.6 Å². The molecule has 32 heavy (non-hydrogen) atoms. The molecule has 1 aromatic heterocycles. The molecule has 166 valence electrons. The molecular formula is C21H12Br2F3NO4S. The molecule has 0 bridgehead atoms. The number of hydrogen-bond donors (Lipinski definition) is 2. The van der Waals surface area contributed by atoms with E-state index in [2.05, 4.69) is 36.8 Å². The van der Waals surface area contributed by atoms with Crippen LogP contribution in [-0.2, 0) is 16.0 Å². The van der Waals surface area contributed by atoms with Crippen molar-refractivity contribution in [1.29, 1.82) is 0 Å². The van der Waals surface area contributed by atoms with E-state index in [4.69, 9.17) is 4.74 Å². The van der Waals surface area contributed by atoms with E-state index in [1.165, 1.54) is 24.4 Å². The van der Waals surface area contributed by atoms with Gasteiger partial charge in [-0.2, -0.15) is 13.2 Å². The van der Waals surface area contributed by atoms with Gasteiger partial charge in [-0.3, -0.25) is 0 Å². The minimum atomic E-state index is -4.56. The van der Waals surface area contributed by atoms with Crippen LogP contribution in [0.3, 0.4) is 0 Å². The fraction of sp³-hybridized carbons (Fsp3) is 0.0476. The van der Waals surface area contributed by atoms with E-state index in [1.807, 2.05) is 0 Å². The summed E-state index contributed by atoms with van der Waals surface area (Å²) in [4.78, 5) is 2.50. The van der Waals surface area contributed by atoms with Crippen LogP contribution < -0.4 is 4.74 Å². The Bertz CT molecular complexity index is 1410. The van der Waals surface area contributed by atoms with Gasteiger partial charge in [0, 0.05) is 17.1 Å². The van der Waals surface area contributed by atoms with Gasteiger partial charge in [0.25, 0.3) is 0 Å². The Morgan fingerprint density at radius 1 is 0.938 bits per heavy atom. The molecule has 0 unspecified atom stereocenters. The summed E-state index contributed by atoms with van der Waals surface area (Å²) >= 11 is 6.59. The molecule has 4 aromatic rings. The van der Waals surface area contributed by atoms with Crippen LogP contribution in [0.25, 0.3) is 10.9 Å². The first-order valence-corrected chi connectivity index (χ1v) is 11.9. The molecular weight excluding hydrogens is 579 g/mol. The average molecular weight is 591 g/mol. The van der Waals surface area contributed by atoms with E-state index in [0.717, 1.165) is 24.3 Å². The standard InChI is InChI=1S/C21H12Br2F3NO4S/c22-16-7-12(28)8-17(23)20(16)31-13-3-6-18-15(9-13)19(10-27-18)32(29,30)14-4-1-11(2-5-14)21(24,25)26/h1-10,27-28H. The third kappa shape index (κ3) is 4.24. The van der Waals surface area contributed by atoms with Gasteiger partial charge in [0.1, 0.15) is 11.5 Å². The summed E-state index contributed by atoms with van der Waals surface area (Å²) in [7, 11) is -4.10. The number of aromatic amines is 1. The number of phenolic OH excluding ortho intramolecular Hbond substituents is 1. The summed E-state index contributed by atoms with van der Waals surface area (Å²) in [5.74, 6) is 0.694. The second kappa shape index (κ2) is 8.13. The lowest BCUT2D eigenvalue weighted by Gasteiger charge is -2.11. The van der Waals surface area contributed by atoms with Gasteiger partial charge in [-0.25, -0.2) is 8.42 Å². The van der Waals surface area contributed by atoms with Gasteiger partial charge < -0.3 is 14.8 Å². The highest BCUT2D eigenvalue weighted by atomic mass is 79.9. The van der Waals surface area contributed by atoms with Gasteiger partial charge in [0.15, 0.2) is 5.75 Å². The van der Waals surface area contributed by atoms with Crippen LogP contribution in [0.2, 0.25) is 0 Å². The SMILES string of the molecule is O=S(=O)(c1ccc(C(F)(F)F)cc1)c1c[nH]c2ccc(Oc3c(Br)cc(O)cc3Br)cc12. The summed E-state index contributed by atoms with van der Waals surface area (Å²) in [5.41, 5.74) is -0.428. The molecule has 0 atom stereocenters. The summed E-state index contributed by atoms with van der Waals surface area (Å²) in [6.45, 7) is 0. The van der Waals surface area contributed by atoms with Crippen molar-refractivity contribution in [3.63, 3.8) is 0 Å². The molecule has 0 aliphatic heterocycles. The Kier molecular flexibility index (Phi) is 5.76. The molecule has 0 saturated heterocycles. The van der Waals surface area contributed by atoms with Crippen molar-refractivity contribution in [2.75, 3.05) is 0 Å². The first kappa shape index (κ1) is 22.7. The molecule has 11 heteroatoms. The van der Waals surface area contributed by atoms with E-state index >= 15 is 0 Å². The van der Waals surface area contributed by atoms with Crippen LogP contribution in [0.15, 0.2) is 79.5 Å². The Labute approximate surface area is 197 Å². The van der Waals surface area contributed by atoms with Crippen LogP contribution >= 0.6 is 31.9 Å². The topological polar surface area (TPSA) is 79.4 Å². The van der Waals surface area contributed by atoms with Crippen LogP contribution in [0.4, 0.5) is 13.2 Å². The maximum Gasteiger partial charge on any atom is 0.416 e. The first-order valence-electron chi connectivity index (χ1n) is 8.86. The molecule has 2 N–H and O–H groups in total. The third-order valence-electron chi connectivity index (χ3n) is 4.60. The van der Waals surface area contributed by atoms with Crippen molar-refractivity contribution in [3.8, 4) is 17.2 Å². The number of aromatic hydroxyl groups is 1. The molecule has 1 heterocycles. The number of benzene rings is 3. The fourth-order valence-electron chi connectivity index (χ4n) is 3.07. The zero-order valence-corrected chi connectivity index (χ0v) is 19.7. The number of phenols is 1. The van der Waals surface area contributed by atoms with Gasteiger partial charge in [0.05, 0.1) is 24.3 Å². The number of rotatable bonds is 4. The summed E-state index contributed by atoms with van der Waals surface area (Å²) in [5, 5.41) is 9.96. The second-order valence-electron chi connectivity index (χ2n) is 6.73. The van der Waals surface area contributed by atoms with E-state index in [9.17, 15) is 26.7 Å². The number of H-pyrrole nitrogens is 1. The van der Waals surface area contributed by atoms with Crippen LogP contribution in [-0.4, -0.2) is 18.5 Å². The molecule has 0 radical (unpaired) electrons. The average Bonchev–Trinajstić information content (AvgIpc) is 3.14. The quantitative estimate of drug-likeness (QED) is 0.267. The summed E-state index contributed by atoms with van der Waals surface area (Å²) in [6.07, 6.45) is -3.28. The van der Waals surface area contributed by atoms with Crippen molar-refractivity contribution in [2.45, 2.75) is 16.0 Å². The maximum atomic E-state index is 13.1. The lowest BCUT2D eigenvalue weighted by molar-refractivity contribution is -0.137. The van der Waals surface area contributed by atoms with Crippen LogP contribution in [0.1, 0.15) is 5.56 Å². The van der Waals surface area contributed by atoms with Gasteiger partial charge in [-0.05, 0) is 86.5 Å². The lowest BCUT2D eigenvalue weighted by atomic mass is 10.2. The molecule has 0 aliphatic rings. The smallest absolute Gasteiger partial charge is 0.416 e. The number of fused-ring (bicyclic) bond motifs is 1. The molecule has 0 spiro atoms. The lowest BCUT2D eigenvalue weighted by Crippen LogP contribution is -2.06. The zero-order chi connectivity index (χ0) is 23.3. The molecule has 0 amide bonds. The Morgan fingerprint density at radius 2 is 1.56 bits per heavy atom. The molecule has 0 saturated carbocycles. The molecule has 3 aromatic carbocycles. The number of ether oxygens (including phenoxy) is 1. The van der Waals surface area contributed by atoms with Crippen molar-refractivity contribution in [2.24, 2.45) is 0 Å². The van der Waals surface area contributed by atoms with Gasteiger partial charge in [0.2, 0.25) is 9.84 Å². The molecule has 0 aliphatic carbocycles. The van der Waals surface area contributed by atoms with Crippen LogP contribution in [0.5, 0.6) is 17.2 Å². The molecule has 4 rings (SSSR count). The number of aromatic nitrogens is 1. The fourth-order valence-corrected chi connectivity index (χ4v) is 5.82. The molecule has 5 nitrogen and oxygen atoms in total. The maximum absolute atomic E-state index is 13.1. The largest absolute Gasteiger partial charge is 0.508 e. The minimum Gasteiger partial charge on any atom is -0.508 e. The first-order chi connectivity index (χ1) is 15.0. The molecule has 0 fully saturated rings. The number of alkyl halides is 3. The van der Waals surface area contributed by atoms with E-state index in [0.29, 0.717) is 31.3 Å². The van der Waals surface area contributed by atoms with Crippen molar-refractivity contribution in [3.05, 3.63) is 75.3 Å². The number of hydrogen-bond acceptors (Lipinski definition) is 4. The van der Waals surface area contributed by atoms with Gasteiger partial charge >= 0.3 is 6.18 Å². The highest BCUT2D eigenvalue weighted by molar-refractivity contribution is 9.11. The van der Waals surface area contributed by atoms with E-state index in [1.54, 1.807) is 12.1 Å². The van der Waals surface area contributed by atoms with Gasteiger partial charge in [-0.1, -0.05) is 0 Å². The van der Waals surface area contributed by atoms with Crippen molar-refractivity contribution >= 4 is 52.6 Å². The zero-order valence-electron chi connectivity index (χ0n) is 15.7. The van der Waals surface area contributed by atoms with Crippen LogP contribution in [0, 0.1) is 0 Å².